The van der Waals surface area contributed by atoms with E-state index < -0.39 is 5.97 Å². The van der Waals surface area contributed by atoms with Crippen molar-refractivity contribution >= 4 is 33.6 Å². The monoisotopic (exact) mass is 326 g/mol. The van der Waals surface area contributed by atoms with Gasteiger partial charge in [0.25, 0.3) is 0 Å². The Morgan fingerprint density at radius 1 is 1.53 bits per heavy atom. The van der Waals surface area contributed by atoms with E-state index in [1.54, 1.807) is 18.2 Å². The van der Waals surface area contributed by atoms with Crippen LogP contribution in [-0.2, 0) is 0 Å². The Labute approximate surface area is 119 Å². The number of anilines is 1. The highest BCUT2D eigenvalue weighted by Crippen LogP contribution is 2.21. The quantitative estimate of drug-likeness (QED) is 0.727. The van der Waals surface area contributed by atoms with Crippen molar-refractivity contribution in [2.24, 2.45) is 0 Å². The standard InChI is InChI=1S/C13H15BrN2O3/c1-3-4-8(2)15-13(19)16-9-5-6-11(14)10(7-9)12(17)18/h3,5-8H,1,4H2,2H3,(H,17,18)(H2,15,16,19). The number of halogens is 1. The molecule has 1 atom stereocenters. The minimum absolute atomic E-state index is 0.0353. The number of urea groups is 1. The summed E-state index contributed by atoms with van der Waals surface area (Å²) >= 11 is 3.14. The number of carboxylic acid groups (broad SMARTS) is 1. The number of carbonyl (C=O) groups excluding carboxylic acids is 1. The van der Waals surface area contributed by atoms with Gasteiger partial charge >= 0.3 is 12.0 Å². The number of amides is 2. The predicted molar refractivity (Wildman–Crippen MR) is 77.5 cm³/mol. The average molecular weight is 327 g/mol. The number of hydrogen-bond acceptors (Lipinski definition) is 2. The van der Waals surface area contributed by atoms with Crippen molar-refractivity contribution in [3.63, 3.8) is 0 Å². The molecular formula is C13H15BrN2O3. The van der Waals surface area contributed by atoms with Crippen LogP contribution in [0.4, 0.5) is 10.5 Å². The summed E-state index contributed by atoms with van der Waals surface area (Å²) < 4.78 is 0.464. The van der Waals surface area contributed by atoms with Crippen LogP contribution in [-0.4, -0.2) is 23.1 Å². The molecule has 0 heterocycles. The normalized spacial score (nSPS) is 11.5. The maximum Gasteiger partial charge on any atom is 0.336 e. The summed E-state index contributed by atoms with van der Waals surface area (Å²) in [5.41, 5.74) is 0.515. The molecule has 0 fully saturated rings. The van der Waals surface area contributed by atoms with Gasteiger partial charge in [0.05, 0.1) is 5.56 Å². The Hall–Kier alpha value is -1.82. The van der Waals surface area contributed by atoms with Crippen molar-refractivity contribution in [3.8, 4) is 0 Å². The van der Waals surface area contributed by atoms with Crippen LogP contribution in [0, 0.1) is 0 Å². The van der Waals surface area contributed by atoms with E-state index in [0.29, 0.717) is 16.6 Å². The first-order valence-corrected chi connectivity index (χ1v) is 6.44. The molecule has 0 aliphatic heterocycles. The molecule has 1 rings (SSSR count). The molecule has 5 nitrogen and oxygen atoms in total. The molecule has 102 valence electrons. The van der Waals surface area contributed by atoms with Crippen molar-refractivity contribution in [2.45, 2.75) is 19.4 Å². The zero-order valence-corrected chi connectivity index (χ0v) is 12.0. The van der Waals surface area contributed by atoms with E-state index in [1.807, 2.05) is 6.92 Å². The molecule has 2 amide bonds. The summed E-state index contributed by atoms with van der Waals surface area (Å²) in [5.74, 6) is -1.06. The van der Waals surface area contributed by atoms with E-state index in [2.05, 4.69) is 33.1 Å². The van der Waals surface area contributed by atoms with Crippen molar-refractivity contribution in [1.29, 1.82) is 0 Å². The average Bonchev–Trinajstić information content (AvgIpc) is 2.31. The summed E-state index contributed by atoms with van der Waals surface area (Å²) in [5, 5.41) is 14.3. The third kappa shape index (κ3) is 4.75. The number of benzene rings is 1. The maximum atomic E-state index is 11.6. The summed E-state index contributed by atoms with van der Waals surface area (Å²) in [6, 6.07) is 4.17. The van der Waals surface area contributed by atoms with Crippen molar-refractivity contribution in [1.82, 2.24) is 5.32 Å². The van der Waals surface area contributed by atoms with Gasteiger partial charge in [0.15, 0.2) is 0 Å². The van der Waals surface area contributed by atoms with Gasteiger partial charge in [-0.05, 0) is 47.5 Å². The van der Waals surface area contributed by atoms with Crippen LogP contribution in [0.1, 0.15) is 23.7 Å². The molecule has 1 aromatic carbocycles. The number of rotatable bonds is 5. The zero-order chi connectivity index (χ0) is 14.4. The minimum Gasteiger partial charge on any atom is -0.478 e. The molecule has 1 unspecified atom stereocenters. The van der Waals surface area contributed by atoms with E-state index in [0.717, 1.165) is 0 Å². The van der Waals surface area contributed by atoms with Crippen LogP contribution in [0.3, 0.4) is 0 Å². The second-order valence-corrected chi connectivity index (χ2v) is 4.88. The Morgan fingerprint density at radius 3 is 2.79 bits per heavy atom. The lowest BCUT2D eigenvalue weighted by molar-refractivity contribution is 0.0696. The minimum atomic E-state index is -1.06. The molecular weight excluding hydrogens is 312 g/mol. The molecule has 0 aliphatic rings. The molecule has 0 aliphatic carbocycles. The summed E-state index contributed by atoms with van der Waals surface area (Å²) in [6.45, 7) is 5.44. The van der Waals surface area contributed by atoms with Gasteiger partial charge in [-0.1, -0.05) is 6.08 Å². The molecule has 19 heavy (non-hydrogen) atoms. The molecule has 3 N–H and O–H groups in total. The fraction of sp³-hybridized carbons (Fsp3) is 0.231. The van der Waals surface area contributed by atoms with Crippen molar-refractivity contribution in [2.75, 3.05) is 5.32 Å². The van der Waals surface area contributed by atoms with Crippen LogP contribution in [0.25, 0.3) is 0 Å². The highest BCUT2D eigenvalue weighted by molar-refractivity contribution is 9.10. The van der Waals surface area contributed by atoms with Gasteiger partial charge in [0.2, 0.25) is 0 Å². The largest absolute Gasteiger partial charge is 0.478 e. The Balaban J connectivity index is 2.72. The smallest absolute Gasteiger partial charge is 0.336 e. The van der Waals surface area contributed by atoms with Gasteiger partial charge in [-0.25, -0.2) is 9.59 Å². The molecule has 0 bridgehead atoms. The lowest BCUT2D eigenvalue weighted by Gasteiger charge is -2.13. The Morgan fingerprint density at radius 2 is 2.21 bits per heavy atom. The molecule has 1 aromatic rings. The molecule has 0 radical (unpaired) electrons. The van der Waals surface area contributed by atoms with Crippen LogP contribution in [0.2, 0.25) is 0 Å². The second kappa shape index (κ2) is 6.94. The first-order valence-electron chi connectivity index (χ1n) is 5.65. The molecule has 0 spiro atoms. The van der Waals surface area contributed by atoms with Crippen LogP contribution < -0.4 is 10.6 Å². The predicted octanol–water partition coefficient (Wildman–Crippen LogP) is 3.23. The number of nitrogens with one attached hydrogen (secondary N) is 2. The molecule has 0 aromatic heterocycles. The van der Waals surface area contributed by atoms with E-state index in [9.17, 15) is 9.59 Å². The molecule has 6 heteroatoms. The third-order valence-corrected chi connectivity index (χ3v) is 3.04. The zero-order valence-electron chi connectivity index (χ0n) is 10.4. The summed E-state index contributed by atoms with van der Waals surface area (Å²) in [6.07, 6.45) is 2.38. The Kier molecular flexibility index (Phi) is 5.57. The van der Waals surface area contributed by atoms with Gasteiger partial charge in [-0.3, -0.25) is 0 Å². The van der Waals surface area contributed by atoms with Gasteiger partial charge in [-0.15, -0.1) is 6.58 Å². The highest BCUT2D eigenvalue weighted by Gasteiger charge is 2.11. The van der Waals surface area contributed by atoms with Gasteiger partial charge < -0.3 is 15.7 Å². The van der Waals surface area contributed by atoms with Gasteiger partial charge in [-0.2, -0.15) is 0 Å². The number of aromatic carboxylic acids is 1. The topological polar surface area (TPSA) is 78.4 Å². The van der Waals surface area contributed by atoms with Gasteiger partial charge in [0, 0.05) is 16.2 Å². The Bertz CT molecular complexity index is 503. The third-order valence-electron chi connectivity index (χ3n) is 2.35. The number of carbonyl (C=O) groups is 2. The van der Waals surface area contributed by atoms with E-state index in [1.165, 1.54) is 6.07 Å². The van der Waals surface area contributed by atoms with Crippen LogP contribution in [0.15, 0.2) is 35.3 Å². The first kappa shape index (κ1) is 15.2. The number of hydrogen-bond donors (Lipinski definition) is 3. The van der Waals surface area contributed by atoms with Crippen molar-refractivity contribution in [3.05, 3.63) is 40.9 Å². The van der Waals surface area contributed by atoms with Gasteiger partial charge in [0.1, 0.15) is 0 Å². The van der Waals surface area contributed by atoms with Crippen LogP contribution in [0.5, 0.6) is 0 Å². The fourth-order valence-corrected chi connectivity index (χ4v) is 1.88. The maximum absolute atomic E-state index is 11.6. The number of carboxylic acids is 1. The lowest BCUT2D eigenvalue weighted by atomic mass is 10.2. The summed E-state index contributed by atoms with van der Waals surface area (Å²) in [7, 11) is 0. The molecule has 0 saturated heterocycles. The van der Waals surface area contributed by atoms with Crippen LogP contribution >= 0.6 is 15.9 Å². The van der Waals surface area contributed by atoms with Crippen molar-refractivity contribution < 1.29 is 14.7 Å². The SMILES string of the molecule is C=CCC(C)NC(=O)Nc1ccc(Br)c(C(=O)O)c1. The summed E-state index contributed by atoms with van der Waals surface area (Å²) in [4.78, 5) is 22.6. The van der Waals surface area contributed by atoms with E-state index in [-0.39, 0.29) is 17.6 Å². The lowest BCUT2D eigenvalue weighted by Crippen LogP contribution is -2.35. The fourth-order valence-electron chi connectivity index (χ4n) is 1.47. The van der Waals surface area contributed by atoms with E-state index in [4.69, 9.17) is 5.11 Å². The second-order valence-electron chi connectivity index (χ2n) is 4.02. The van der Waals surface area contributed by atoms with E-state index >= 15 is 0 Å². The molecule has 0 saturated carbocycles. The highest BCUT2D eigenvalue weighted by atomic mass is 79.9. The first-order chi connectivity index (χ1) is 8.93.